The highest BCUT2D eigenvalue weighted by Crippen LogP contribution is 1.82. The molecule has 0 saturated heterocycles. The van der Waals surface area contributed by atoms with E-state index in [-0.39, 0.29) is 6.42 Å². The number of hydrogen-bond acceptors (Lipinski definition) is 2. The molecule has 1 amide bonds. The van der Waals surface area contributed by atoms with Gasteiger partial charge >= 0.3 is 0 Å². The molecule has 0 aromatic rings. The summed E-state index contributed by atoms with van der Waals surface area (Å²) >= 11 is 0. The van der Waals surface area contributed by atoms with Crippen molar-refractivity contribution in [3.05, 3.63) is 0 Å². The molecule has 1 atom stereocenters. The molecule has 0 rings (SSSR count). The molecule has 0 spiro atoms. The Balaban J connectivity index is 3.24. The fraction of sp³-hybridized carbons (Fsp3) is 0.750. The molecule has 0 fully saturated rings. The molecule has 0 saturated carbocycles. The van der Waals surface area contributed by atoms with Crippen LogP contribution in [0.2, 0.25) is 0 Å². The Morgan fingerprint density at radius 1 is 1.62 bits per heavy atom. The van der Waals surface area contributed by atoms with Gasteiger partial charge in [0, 0.05) is 12.5 Å². The van der Waals surface area contributed by atoms with Gasteiger partial charge in [0.25, 0.3) is 0 Å². The summed E-state index contributed by atoms with van der Waals surface area (Å²) in [7, 11) is 0. The molecule has 1 unspecified atom stereocenters. The fourth-order valence-corrected chi connectivity index (χ4v) is 0.317. The van der Waals surface area contributed by atoms with E-state index in [4.69, 9.17) is 11.5 Å². The molecule has 0 aliphatic heterocycles. The van der Waals surface area contributed by atoms with E-state index in [1.165, 1.54) is 0 Å². The Morgan fingerprint density at radius 2 is 2.12 bits per heavy atom. The zero-order valence-corrected chi connectivity index (χ0v) is 4.46. The van der Waals surface area contributed by atoms with Gasteiger partial charge in [0.1, 0.15) is 0 Å². The minimum atomic E-state index is -0.604. The molecule has 4 heteroatoms. The van der Waals surface area contributed by atoms with Gasteiger partial charge in [0.2, 0.25) is 5.91 Å². The smallest absolute Gasteiger partial charge is 0.219 e. The third-order valence-corrected chi connectivity index (χ3v) is 0.677. The average molecular weight is 117 g/mol. The summed E-state index contributed by atoms with van der Waals surface area (Å²) < 4.78 is 0. The van der Waals surface area contributed by atoms with E-state index in [0.29, 0.717) is 0 Å². The Hall–Kier alpha value is -0.610. The molecule has 4 N–H and O–H groups in total. The number of hydrogen-bond donors (Lipinski definition) is 2. The van der Waals surface area contributed by atoms with Crippen LogP contribution in [0.3, 0.4) is 0 Å². The first-order chi connectivity index (χ1) is 3.66. The Morgan fingerprint density at radius 3 is 2.25 bits per heavy atom. The molecule has 0 aliphatic carbocycles. The lowest BCUT2D eigenvalue weighted by atomic mass is 10.2. The van der Waals surface area contributed by atoms with Crippen LogP contribution in [0.5, 0.6) is 0 Å². The molecular weight excluding hydrogens is 108 g/mol. The molecular formula is C4H9N2O2. The van der Waals surface area contributed by atoms with E-state index >= 15 is 0 Å². The van der Waals surface area contributed by atoms with Crippen LogP contribution in [-0.2, 0) is 9.90 Å². The Labute approximate surface area is 47.5 Å². The van der Waals surface area contributed by atoms with Crippen LogP contribution in [0, 0.1) is 0 Å². The molecule has 0 aliphatic rings. The molecule has 4 nitrogen and oxygen atoms in total. The van der Waals surface area contributed by atoms with Crippen molar-refractivity contribution >= 4 is 5.91 Å². The Kier molecular flexibility index (Phi) is 3.14. The van der Waals surface area contributed by atoms with Crippen molar-refractivity contribution in [1.82, 2.24) is 0 Å². The predicted molar refractivity (Wildman–Crippen MR) is 27.3 cm³/mol. The van der Waals surface area contributed by atoms with Crippen LogP contribution in [0.1, 0.15) is 6.42 Å². The monoisotopic (exact) mass is 117 g/mol. The number of primary amides is 1. The van der Waals surface area contributed by atoms with Gasteiger partial charge in [-0.3, -0.25) is 4.79 Å². The molecule has 47 valence electrons. The van der Waals surface area contributed by atoms with Crippen molar-refractivity contribution in [2.75, 3.05) is 6.61 Å². The van der Waals surface area contributed by atoms with Crippen LogP contribution in [0.4, 0.5) is 0 Å². The Bertz CT molecular complexity index is 84.1. The zero-order valence-electron chi connectivity index (χ0n) is 4.46. The number of carbonyl (C=O) groups is 1. The van der Waals surface area contributed by atoms with E-state index < -0.39 is 18.6 Å². The van der Waals surface area contributed by atoms with Gasteiger partial charge in [-0.2, -0.15) is 0 Å². The summed E-state index contributed by atoms with van der Waals surface area (Å²) in [5, 5.41) is 9.83. The van der Waals surface area contributed by atoms with E-state index in [0.717, 1.165) is 0 Å². The van der Waals surface area contributed by atoms with Crippen LogP contribution in [0.25, 0.3) is 0 Å². The molecule has 0 aromatic heterocycles. The van der Waals surface area contributed by atoms with E-state index in [9.17, 15) is 9.90 Å². The highest BCUT2D eigenvalue weighted by Gasteiger charge is 2.03. The standard InChI is InChI=1S/C4H9N2O2/c5-3(2-7)1-4(6)8/h3H,1-2,5H2,(H2,6,8). The first-order valence-corrected chi connectivity index (χ1v) is 2.28. The lowest BCUT2D eigenvalue weighted by Gasteiger charge is -2.00. The van der Waals surface area contributed by atoms with Crippen LogP contribution in [-0.4, -0.2) is 18.6 Å². The number of nitrogens with two attached hydrogens (primary N) is 2. The zero-order chi connectivity index (χ0) is 6.57. The molecule has 1 radical (unpaired) electrons. The quantitative estimate of drug-likeness (QED) is 0.477. The van der Waals surface area contributed by atoms with Gasteiger partial charge in [-0.1, -0.05) is 0 Å². The minimum absolute atomic E-state index is 0.0104. The van der Waals surface area contributed by atoms with Crippen molar-refractivity contribution in [2.24, 2.45) is 11.5 Å². The molecule has 0 heterocycles. The first-order valence-electron chi connectivity index (χ1n) is 2.28. The summed E-state index contributed by atoms with van der Waals surface area (Å²) in [6.07, 6.45) is -0.0104. The minimum Gasteiger partial charge on any atom is -0.370 e. The van der Waals surface area contributed by atoms with E-state index in [2.05, 4.69) is 0 Å². The number of rotatable bonds is 3. The lowest BCUT2D eigenvalue weighted by Crippen LogP contribution is -2.29. The molecule has 0 aromatic carbocycles. The highest BCUT2D eigenvalue weighted by atomic mass is 16.3. The second-order valence-electron chi connectivity index (χ2n) is 1.60. The fourth-order valence-electron chi connectivity index (χ4n) is 0.317. The topological polar surface area (TPSA) is 89.0 Å². The largest absolute Gasteiger partial charge is 0.370 e. The van der Waals surface area contributed by atoms with Gasteiger partial charge in [-0.05, 0) is 0 Å². The summed E-state index contributed by atoms with van der Waals surface area (Å²) in [6, 6.07) is -0.604. The third kappa shape index (κ3) is 3.58. The normalized spacial score (nSPS) is 13.2. The van der Waals surface area contributed by atoms with E-state index in [1.54, 1.807) is 0 Å². The van der Waals surface area contributed by atoms with Gasteiger partial charge in [-0.25, -0.2) is 5.11 Å². The second-order valence-corrected chi connectivity index (χ2v) is 1.60. The van der Waals surface area contributed by atoms with Crippen LogP contribution < -0.4 is 11.5 Å². The summed E-state index contributed by atoms with van der Waals surface area (Å²) in [4.78, 5) is 9.97. The van der Waals surface area contributed by atoms with Gasteiger partial charge in [-0.15, -0.1) is 0 Å². The maximum absolute atomic E-state index is 9.97. The maximum Gasteiger partial charge on any atom is 0.219 e. The van der Waals surface area contributed by atoms with Gasteiger partial charge < -0.3 is 11.5 Å². The van der Waals surface area contributed by atoms with Crippen molar-refractivity contribution < 1.29 is 9.90 Å². The maximum atomic E-state index is 9.97. The SMILES string of the molecule is NC(=O)CC(N)C[O]. The molecule has 8 heavy (non-hydrogen) atoms. The van der Waals surface area contributed by atoms with Crippen molar-refractivity contribution in [2.45, 2.75) is 12.5 Å². The highest BCUT2D eigenvalue weighted by molar-refractivity contribution is 5.74. The predicted octanol–water partition coefficient (Wildman–Crippen LogP) is -1.38. The summed E-state index contributed by atoms with van der Waals surface area (Å²) in [6.45, 7) is -0.442. The van der Waals surface area contributed by atoms with Crippen LogP contribution >= 0.6 is 0 Å². The van der Waals surface area contributed by atoms with Crippen molar-refractivity contribution in [3.8, 4) is 0 Å². The van der Waals surface area contributed by atoms with E-state index in [1.807, 2.05) is 0 Å². The van der Waals surface area contributed by atoms with Gasteiger partial charge in [0.05, 0.1) is 6.61 Å². The molecule has 0 bridgehead atoms. The lowest BCUT2D eigenvalue weighted by molar-refractivity contribution is -0.118. The van der Waals surface area contributed by atoms with Crippen molar-refractivity contribution in [1.29, 1.82) is 0 Å². The second kappa shape index (κ2) is 3.40. The van der Waals surface area contributed by atoms with Gasteiger partial charge in [0.15, 0.2) is 0 Å². The first kappa shape index (κ1) is 7.39. The van der Waals surface area contributed by atoms with Crippen LogP contribution in [0.15, 0.2) is 0 Å². The summed E-state index contributed by atoms with van der Waals surface area (Å²) in [5.41, 5.74) is 9.77. The summed E-state index contributed by atoms with van der Waals surface area (Å²) in [5.74, 6) is -0.520. The third-order valence-electron chi connectivity index (χ3n) is 0.677. The number of amides is 1. The average Bonchev–Trinajstić information content (AvgIpc) is 1.65. The number of carbonyl (C=O) groups excluding carboxylic acids is 1. The van der Waals surface area contributed by atoms with Crippen molar-refractivity contribution in [3.63, 3.8) is 0 Å².